The minimum absolute atomic E-state index is 0.176. The molecule has 2 atom stereocenters. The number of hydrogen-bond donors (Lipinski definition) is 3. The van der Waals surface area contributed by atoms with E-state index in [0.29, 0.717) is 34.9 Å². The van der Waals surface area contributed by atoms with Gasteiger partial charge in [-0.25, -0.2) is 9.78 Å². The van der Waals surface area contributed by atoms with E-state index in [1.807, 2.05) is 12.3 Å². The monoisotopic (exact) mass is 619 g/mol. The molecule has 4 rings (SSSR count). The van der Waals surface area contributed by atoms with E-state index in [1.165, 1.54) is 6.07 Å². The van der Waals surface area contributed by atoms with Crippen LogP contribution in [-0.2, 0) is 4.74 Å². The van der Waals surface area contributed by atoms with Crippen molar-refractivity contribution < 1.29 is 19.1 Å². The molecule has 1 aliphatic rings. The number of H-pyrrole nitrogens is 1. The zero-order chi connectivity index (χ0) is 29.7. The first-order valence-electron chi connectivity index (χ1n) is 13.5. The number of alkyl carbamates (subject to hydrolysis) is 1. The molecule has 3 amide bonds. The normalized spacial score (nSPS) is 16.0. The summed E-state index contributed by atoms with van der Waals surface area (Å²) in [7, 11) is 0. The second-order valence-electron chi connectivity index (χ2n) is 11.0. The van der Waals surface area contributed by atoms with Gasteiger partial charge in [0.15, 0.2) is 0 Å². The third kappa shape index (κ3) is 8.08. The van der Waals surface area contributed by atoms with Crippen LogP contribution in [0.1, 0.15) is 72.6 Å². The summed E-state index contributed by atoms with van der Waals surface area (Å²) >= 11 is 14.3. The minimum Gasteiger partial charge on any atom is -0.444 e. The summed E-state index contributed by atoms with van der Waals surface area (Å²) < 4.78 is 5.30. The van der Waals surface area contributed by atoms with Gasteiger partial charge in [-0.3, -0.25) is 9.59 Å². The quantitative estimate of drug-likeness (QED) is 0.262. The van der Waals surface area contributed by atoms with Gasteiger partial charge in [-0.15, -0.1) is 0 Å². The van der Waals surface area contributed by atoms with E-state index in [0.717, 1.165) is 29.6 Å². The Morgan fingerprint density at radius 2 is 1.98 bits per heavy atom. The molecule has 3 N–H and O–H groups in total. The molecule has 41 heavy (non-hydrogen) atoms. The highest BCUT2D eigenvalue weighted by Crippen LogP contribution is 2.26. The van der Waals surface area contributed by atoms with Crippen LogP contribution in [0.25, 0.3) is 11.0 Å². The van der Waals surface area contributed by atoms with Gasteiger partial charge in [0.2, 0.25) is 0 Å². The summed E-state index contributed by atoms with van der Waals surface area (Å²) in [5.41, 5.74) is 1.60. The molecule has 0 bridgehead atoms. The van der Waals surface area contributed by atoms with Crippen molar-refractivity contribution in [3.05, 3.63) is 63.4 Å². The Morgan fingerprint density at radius 1 is 1.20 bits per heavy atom. The summed E-state index contributed by atoms with van der Waals surface area (Å²) in [6.45, 7) is 6.22. The van der Waals surface area contributed by atoms with E-state index < -0.39 is 11.7 Å². The molecule has 0 saturated carbocycles. The Kier molecular flexibility index (Phi) is 10.1. The fourth-order valence-electron chi connectivity index (χ4n) is 4.74. The van der Waals surface area contributed by atoms with Gasteiger partial charge in [0.1, 0.15) is 11.4 Å². The number of nitrogens with zero attached hydrogens (tertiary/aromatic N) is 2. The lowest BCUT2D eigenvalue weighted by Crippen LogP contribution is -2.44. The first-order chi connectivity index (χ1) is 19.4. The van der Waals surface area contributed by atoms with E-state index in [9.17, 15) is 14.4 Å². The van der Waals surface area contributed by atoms with Crippen LogP contribution in [0.15, 0.2) is 36.4 Å². The molecule has 3 aromatic rings. The molecule has 9 nitrogen and oxygen atoms in total. The van der Waals surface area contributed by atoms with Gasteiger partial charge < -0.3 is 25.3 Å². The van der Waals surface area contributed by atoms with Crippen LogP contribution >= 0.6 is 35.0 Å². The molecule has 1 aliphatic heterocycles. The molecule has 2 heterocycles. The lowest BCUT2D eigenvalue weighted by atomic mass is 10.1. The van der Waals surface area contributed by atoms with Crippen LogP contribution in [-0.4, -0.2) is 69.5 Å². The number of benzene rings is 2. The van der Waals surface area contributed by atoms with Crippen LogP contribution in [0.2, 0.25) is 10.0 Å². The Morgan fingerprint density at radius 3 is 2.68 bits per heavy atom. The van der Waals surface area contributed by atoms with Gasteiger partial charge in [0.05, 0.1) is 27.7 Å². The zero-order valence-corrected chi connectivity index (χ0v) is 25.9. The van der Waals surface area contributed by atoms with Crippen LogP contribution in [0.5, 0.6) is 0 Å². The average molecular weight is 621 g/mol. The van der Waals surface area contributed by atoms with Crippen molar-refractivity contribution >= 4 is 63.9 Å². The summed E-state index contributed by atoms with van der Waals surface area (Å²) in [6.07, 6.45) is 3.72. The molecule has 1 fully saturated rings. The topological polar surface area (TPSA) is 116 Å². The number of likely N-dealkylation sites (tertiary alicyclic amines) is 1. The first kappa shape index (κ1) is 31.0. The minimum atomic E-state index is -0.605. The maximum Gasteiger partial charge on any atom is 0.407 e. The number of aromatic amines is 1. The predicted molar refractivity (Wildman–Crippen MR) is 164 cm³/mol. The molecule has 1 saturated heterocycles. The highest BCUT2D eigenvalue weighted by Gasteiger charge is 2.31. The lowest BCUT2D eigenvalue weighted by molar-refractivity contribution is 0.0501. The molecular formula is C29H35Cl2N5O4S. The van der Waals surface area contributed by atoms with Crippen molar-refractivity contribution in [2.45, 2.75) is 57.7 Å². The number of amides is 3. The van der Waals surface area contributed by atoms with Crippen molar-refractivity contribution in [2.75, 3.05) is 25.1 Å². The molecule has 12 heteroatoms. The number of carbonyl (C=O) groups excluding carboxylic acids is 3. The van der Waals surface area contributed by atoms with Crippen molar-refractivity contribution in [1.82, 2.24) is 25.5 Å². The number of thioether (sulfide) groups is 1. The van der Waals surface area contributed by atoms with Crippen LogP contribution < -0.4 is 10.6 Å². The standard InChI is InChI=1S/C29H35Cl2N5O4S/c1-29(2,3)40-28(39)32-16-19-6-5-12-36(19)27(38)20-9-7-17(14-21(20)31)26(37)35-23(11-13-41-4)25-33-22-10-8-18(30)15-24(22)34-25/h7-10,14-15,19,23H,5-6,11-13,16H2,1-4H3,(H,32,39)(H,33,34)(H,35,37). The number of halogens is 2. The van der Waals surface area contributed by atoms with E-state index in [2.05, 4.69) is 20.6 Å². The Labute approximate surface area is 254 Å². The zero-order valence-electron chi connectivity index (χ0n) is 23.6. The number of rotatable bonds is 9. The van der Waals surface area contributed by atoms with Gasteiger partial charge in [-0.05, 0) is 88.4 Å². The fourth-order valence-corrected chi connectivity index (χ4v) is 5.64. The van der Waals surface area contributed by atoms with E-state index >= 15 is 0 Å². The third-order valence-electron chi connectivity index (χ3n) is 6.69. The number of fused-ring (bicyclic) bond motifs is 1. The van der Waals surface area contributed by atoms with Gasteiger partial charge in [0.25, 0.3) is 11.8 Å². The summed E-state index contributed by atoms with van der Waals surface area (Å²) in [5.74, 6) is 0.893. The van der Waals surface area contributed by atoms with Crippen LogP contribution in [0.3, 0.4) is 0 Å². The molecule has 0 aliphatic carbocycles. The highest BCUT2D eigenvalue weighted by atomic mass is 35.5. The van der Waals surface area contributed by atoms with E-state index in [-0.39, 0.29) is 35.5 Å². The predicted octanol–water partition coefficient (Wildman–Crippen LogP) is 6.22. The van der Waals surface area contributed by atoms with Gasteiger partial charge in [-0.2, -0.15) is 11.8 Å². The van der Waals surface area contributed by atoms with Gasteiger partial charge in [-0.1, -0.05) is 23.2 Å². The summed E-state index contributed by atoms with van der Waals surface area (Å²) in [5, 5.41) is 6.60. The second kappa shape index (κ2) is 13.4. The van der Waals surface area contributed by atoms with E-state index in [4.69, 9.17) is 27.9 Å². The number of imidazole rings is 1. The third-order valence-corrected chi connectivity index (χ3v) is 7.88. The first-order valence-corrected chi connectivity index (χ1v) is 15.6. The number of carbonyl (C=O) groups is 3. The fraction of sp³-hybridized carbons (Fsp3) is 0.448. The SMILES string of the molecule is CSCCC(NC(=O)c1ccc(C(=O)N2CCCC2CNC(=O)OC(C)(C)C)c(Cl)c1)c1nc2ccc(Cl)cc2[nH]1. The number of nitrogens with one attached hydrogen (secondary N) is 3. The molecule has 2 aromatic carbocycles. The lowest BCUT2D eigenvalue weighted by Gasteiger charge is -2.26. The Balaban J connectivity index is 1.44. The number of ether oxygens (including phenoxy) is 1. The van der Waals surface area contributed by atoms with Crippen molar-refractivity contribution in [3.8, 4) is 0 Å². The smallest absolute Gasteiger partial charge is 0.407 e. The summed E-state index contributed by atoms with van der Waals surface area (Å²) in [6, 6.07) is 9.57. The highest BCUT2D eigenvalue weighted by molar-refractivity contribution is 7.98. The molecule has 1 aromatic heterocycles. The van der Waals surface area contributed by atoms with Crippen molar-refractivity contribution in [3.63, 3.8) is 0 Å². The molecule has 0 radical (unpaired) electrons. The molecule has 220 valence electrons. The Bertz CT molecular complexity index is 1420. The number of aromatic nitrogens is 2. The molecule has 0 spiro atoms. The van der Waals surface area contributed by atoms with Crippen LogP contribution in [0.4, 0.5) is 4.79 Å². The van der Waals surface area contributed by atoms with Gasteiger partial charge >= 0.3 is 6.09 Å². The maximum atomic E-state index is 13.4. The summed E-state index contributed by atoms with van der Waals surface area (Å²) in [4.78, 5) is 48.4. The van der Waals surface area contributed by atoms with Crippen LogP contribution in [0, 0.1) is 0 Å². The Hall–Kier alpha value is -2.95. The largest absolute Gasteiger partial charge is 0.444 e. The second-order valence-corrected chi connectivity index (χ2v) is 12.8. The van der Waals surface area contributed by atoms with Crippen molar-refractivity contribution in [2.24, 2.45) is 0 Å². The van der Waals surface area contributed by atoms with Crippen molar-refractivity contribution in [1.29, 1.82) is 0 Å². The maximum absolute atomic E-state index is 13.4. The average Bonchev–Trinajstić information content (AvgIpc) is 3.55. The van der Waals surface area contributed by atoms with Gasteiger partial charge in [0, 0.05) is 29.7 Å². The van der Waals surface area contributed by atoms with E-state index in [1.54, 1.807) is 61.7 Å². The molecular weight excluding hydrogens is 585 g/mol. The number of hydrogen-bond acceptors (Lipinski definition) is 6. The molecule has 2 unspecified atom stereocenters.